The summed E-state index contributed by atoms with van der Waals surface area (Å²) < 4.78 is 3.56. The zero-order valence-electron chi connectivity index (χ0n) is 22.1. The number of aryl methyl sites for hydroxylation is 1. The second-order valence-electron chi connectivity index (χ2n) is 10.5. The third-order valence-electron chi connectivity index (χ3n) is 7.54. The molecule has 2 aliphatic heterocycles. The van der Waals surface area contributed by atoms with Gasteiger partial charge in [-0.25, -0.2) is 0 Å². The summed E-state index contributed by atoms with van der Waals surface area (Å²) in [5.74, 6) is 0.330. The highest BCUT2D eigenvalue weighted by Gasteiger charge is 2.43. The maximum Gasteiger partial charge on any atom is 0.160 e. The highest BCUT2D eigenvalue weighted by atomic mass is 16.1. The Morgan fingerprint density at radius 2 is 2.16 bits per heavy atom. The molecule has 3 N–H and O–H groups in total. The molecule has 0 aliphatic carbocycles. The van der Waals surface area contributed by atoms with Crippen LogP contribution in [-0.2, 0) is 23.9 Å². The molecule has 3 aromatic heterocycles. The second-order valence-corrected chi connectivity index (χ2v) is 10.5. The number of aromatic nitrogens is 5. The number of piperazine rings is 1. The molecule has 2 aliphatic rings. The van der Waals surface area contributed by atoms with Gasteiger partial charge in [0.15, 0.2) is 5.78 Å². The highest BCUT2D eigenvalue weighted by Crippen LogP contribution is 2.43. The number of nitrogens with zero attached hydrogens (tertiary/aromatic N) is 8. The number of nitrogens with two attached hydrogens (primary N) is 1. The molecule has 0 radical (unpaired) electrons. The summed E-state index contributed by atoms with van der Waals surface area (Å²) >= 11 is 0. The van der Waals surface area contributed by atoms with E-state index in [0.29, 0.717) is 43.4 Å². The predicted molar refractivity (Wildman–Crippen MR) is 144 cm³/mol. The largest absolute Gasteiger partial charge is 0.359 e. The fourth-order valence-electron chi connectivity index (χ4n) is 5.66. The molecule has 3 unspecified atom stereocenters. The van der Waals surface area contributed by atoms with Gasteiger partial charge in [-0.3, -0.25) is 24.1 Å². The van der Waals surface area contributed by atoms with Crippen LogP contribution in [0.3, 0.4) is 0 Å². The van der Waals surface area contributed by atoms with Crippen LogP contribution < -0.4 is 16.0 Å². The number of aliphatic imine (C=N–C) groups is 1. The number of nitrogens with one attached hydrogen (secondary N) is 1. The minimum atomic E-state index is -0.896. The van der Waals surface area contributed by atoms with E-state index in [1.54, 1.807) is 29.5 Å². The topological polar surface area (TPSA) is 143 Å². The highest BCUT2D eigenvalue weighted by molar-refractivity contribution is 5.90. The van der Waals surface area contributed by atoms with Gasteiger partial charge in [0.1, 0.15) is 17.6 Å². The fourth-order valence-corrected chi connectivity index (χ4v) is 5.66. The number of hydrogen-bond acceptors (Lipinski definition) is 9. The van der Waals surface area contributed by atoms with Gasteiger partial charge >= 0.3 is 0 Å². The first-order chi connectivity index (χ1) is 18.4. The first-order valence-corrected chi connectivity index (χ1v) is 13.0. The van der Waals surface area contributed by atoms with E-state index in [4.69, 9.17) is 10.7 Å². The van der Waals surface area contributed by atoms with Crippen molar-refractivity contribution in [1.82, 2.24) is 29.9 Å². The van der Waals surface area contributed by atoms with E-state index < -0.39 is 5.54 Å². The Morgan fingerprint density at radius 3 is 2.87 bits per heavy atom. The third-order valence-corrected chi connectivity index (χ3v) is 7.54. The van der Waals surface area contributed by atoms with Gasteiger partial charge in [-0.15, -0.1) is 0 Å². The monoisotopic (exact) mass is 514 g/mol. The molecule has 0 aromatic carbocycles. The van der Waals surface area contributed by atoms with E-state index in [2.05, 4.69) is 45.3 Å². The second kappa shape index (κ2) is 10.5. The molecule has 198 valence electrons. The molecular formula is C27H34N10O. The van der Waals surface area contributed by atoms with Crippen LogP contribution >= 0.6 is 0 Å². The van der Waals surface area contributed by atoms with Gasteiger partial charge < -0.3 is 16.0 Å². The van der Waals surface area contributed by atoms with Gasteiger partial charge in [0.05, 0.1) is 30.2 Å². The average Bonchev–Trinajstić information content (AvgIpc) is 3.56. The number of Topliss-reactive ketones (excluding diaryl/α,β-unsaturated/α-hetero) is 1. The molecule has 0 saturated carbocycles. The van der Waals surface area contributed by atoms with Crippen LogP contribution in [0.25, 0.3) is 0 Å². The summed E-state index contributed by atoms with van der Waals surface area (Å²) in [6, 6.07) is 3.80. The molecule has 1 fully saturated rings. The maximum absolute atomic E-state index is 13.8. The summed E-state index contributed by atoms with van der Waals surface area (Å²) in [4.78, 5) is 25.6. The quantitative estimate of drug-likeness (QED) is 0.457. The lowest BCUT2D eigenvalue weighted by atomic mass is 9.82. The van der Waals surface area contributed by atoms with Crippen molar-refractivity contribution in [2.24, 2.45) is 29.6 Å². The van der Waals surface area contributed by atoms with Gasteiger partial charge in [0.25, 0.3) is 0 Å². The summed E-state index contributed by atoms with van der Waals surface area (Å²) in [6.07, 6.45) is 11.4. The summed E-state index contributed by atoms with van der Waals surface area (Å²) in [7, 11) is 1.87. The van der Waals surface area contributed by atoms with Crippen molar-refractivity contribution in [3.05, 3.63) is 59.4 Å². The molecule has 1 saturated heterocycles. The lowest BCUT2D eigenvalue weighted by Crippen LogP contribution is -2.57. The van der Waals surface area contributed by atoms with E-state index in [0.717, 1.165) is 29.8 Å². The normalized spacial score (nSPS) is 21.8. The van der Waals surface area contributed by atoms with Crippen LogP contribution in [0, 0.1) is 23.2 Å². The van der Waals surface area contributed by atoms with Crippen LogP contribution in [0.15, 0.2) is 42.0 Å². The predicted octanol–water partition coefficient (Wildman–Crippen LogP) is 1.23. The third kappa shape index (κ3) is 4.50. The molecule has 0 spiro atoms. The zero-order chi connectivity index (χ0) is 26.9. The average molecular weight is 515 g/mol. The van der Waals surface area contributed by atoms with Crippen molar-refractivity contribution in [3.63, 3.8) is 0 Å². The number of hydrogen-bond donors (Lipinski definition) is 2. The lowest BCUT2D eigenvalue weighted by Gasteiger charge is -2.42. The van der Waals surface area contributed by atoms with E-state index >= 15 is 0 Å². The van der Waals surface area contributed by atoms with Crippen molar-refractivity contribution in [2.45, 2.75) is 38.4 Å². The number of carbonyl (C=O) groups excluding carboxylic acids is 1. The minimum Gasteiger partial charge on any atom is -0.359 e. The van der Waals surface area contributed by atoms with Crippen molar-refractivity contribution in [1.29, 1.82) is 5.26 Å². The Bertz CT molecular complexity index is 1380. The Balaban J connectivity index is 1.62. The van der Waals surface area contributed by atoms with E-state index in [1.165, 1.54) is 0 Å². The first kappa shape index (κ1) is 25.8. The maximum atomic E-state index is 13.8. The lowest BCUT2D eigenvalue weighted by molar-refractivity contribution is -0.124. The SMILES string of the molecule is CC(C)CC(CN)C(=O)C1CNCCN1c1ccncc1C1(c2cnn(C)c2)Cn2ncc(C#N)c2C=N1. The van der Waals surface area contributed by atoms with Crippen LogP contribution in [-0.4, -0.2) is 68.8 Å². The van der Waals surface area contributed by atoms with E-state index in [9.17, 15) is 10.1 Å². The molecular weight excluding hydrogens is 480 g/mol. The van der Waals surface area contributed by atoms with Gasteiger partial charge in [0.2, 0.25) is 0 Å². The van der Waals surface area contributed by atoms with Crippen molar-refractivity contribution >= 4 is 17.7 Å². The number of pyridine rings is 1. The number of rotatable bonds is 8. The summed E-state index contributed by atoms with van der Waals surface area (Å²) in [5.41, 5.74) is 8.98. The van der Waals surface area contributed by atoms with Gasteiger partial charge in [-0.2, -0.15) is 15.5 Å². The Hall–Kier alpha value is -3.88. The Kier molecular flexibility index (Phi) is 7.10. The summed E-state index contributed by atoms with van der Waals surface area (Å²) in [6.45, 7) is 6.90. The molecule has 0 amide bonds. The standard InChI is InChI=1S/C27H34N10O/c1-18(2)8-19(9-28)26(38)25-14-31-6-7-36(25)23-4-5-30-13-22(23)27(21-12-33-35(3)16-21)17-37-24(15-32-27)20(10-29)11-34-37/h4-5,11-13,15-16,18-19,25,31H,6-9,14,17,28H2,1-3H3. The van der Waals surface area contributed by atoms with Crippen molar-refractivity contribution < 1.29 is 4.79 Å². The minimum absolute atomic E-state index is 0.159. The molecule has 11 nitrogen and oxygen atoms in total. The van der Waals surface area contributed by atoms with Crippen LogP contribution in [0.1, 0.15) is 42.7 Å². The van der Waals surface area contributed by atoms with Gasteiger partial charge in [-0.1, -0.05) is 13.8 Å². The molecule has 38 heavy (non-hydrogen) atoms. The summed E-state index contributed by atoms with van der Waals surface area (Å²) in [5, 5.41) is 21.9. The van der Waals surface area contributed by atoms with Crippen LogP contribution in [0.2, 0.25) is 0 Å². The number of anilines is 1. The molecule has 5 rings (SSSR count). The molecule has 5 heterocycles. The number of fused-ring (bicyclic) bond motifs is 1. The van der Waals surface area contributed by atoms with E-state index in [1.807, 2.05) is 30.2 Å². The van der Waals surface area contributed by atoms with Gasteiger partial charge in [0, 0.05) is 80.8 Å². The van der Waals surface area contributed by atoms with Crippen molar-refractivity contribution in [2.75, 3.05) is 31.1 Å². The zero-order valence-corrected chi connectivity index (χ0v) is 22.1. The van der Waals surface area contributed by atoms with Crippen LogP contribution in [0.5, 0.6) is 0 Å². The number of ketones is 1. The molecule has 3 atom stereocenters. The molecule has 3 aromatic rings. The van der Waals surface area contributed by atoms with Crippen molar-refractivity contribution in [3.8, 4) is 6.07 Å². The van der Waals surface area contributed by atoms with E-state index in [-0.39, 0.29) is 17.7 Å². The number of nitriles is 1. The first-order valence-electron chi connectivity index (χ1n) is 13.0. The van der Waals surface area contributed by atoms with Gasteiger partial charge in [-0.05, 0) is 18.4 Å². The Morgan fingerprint density at radius 1 is 1.32 bits per heavy atom. The smallest absolute Gasteiger partial charge is 0.160 e. The fraction of sp³-hybridized carbons (Fsp3) is 0.481. The Labute approximate surface area is 222 Å². The number of carbonyl (C=O) groups is 1. The van der Waals surface area contributed by atoms with Crippen LogP contribution in [0.4, 0.5) is 5.69 Å². The molecule has 11 heteroatoms. The molecule has 0 bridgehead atoms.